The summed E-state index contributed by atoms with van der Waals surface area (Å²) in [6.07, 6.45) is 15.0. The van der Waals surface area contributed by atoms with Crippen LogP contribution < -0.4 is 26.8 Å². The molecule has 6 heteroatoms. The maximum atomic E-state index is 12.4. The molecule has 6 nitrogen and oxygen atoms in total. The summed E-state index contributed by atoms with van der Waals surface area (Å²) < 4.78 is 1.74. The summed E-state index contributed by atoms with van der Waals surface area (Å²) >= 11 is 0. The summed E-state index contributed by atoms with van der Waals surface area (Å²) in [5, 5.41) is 4.59. The van der Waals surface area contributed by atoms with Gasteiger partial charge in [-0.05, 0) is 80.5 Å². The van der Waals surface area contributed by atoms with Crippen molar-refractivity contribution in [2.24, 2.45) is 5.92 Å². The van der Waals surface area contributed by atoms with Gasteiger partial charge in [0.25, 0.3) is 5.91 Å². The first-order valence-corrected chi connectivity index (χ1v) is 15.2. The Labute approximate surface area is 257 Å². The van der Waals surface area contributed by atoms with Gasteiger partial charge in [0, 0.05) is 34.2 Å². The molecule has 0 spiro atoms. The summed E-state index contributed by atoms with van der Waals surface area (Å²) in [5.74, 6) is 0.0433. The monoisotopic (exact) mass is 583 g/mol. The number of anilines is 1. The van der Waals surface area contributed by atoms with Crippen LogP contribution in [0.15, 0.2) is 71.7 Å². The molecule has 0 saturated carbocycles. The highest BCUT2D eigenvalue weighted by Crippen LogP contribution is 2.21. The van der Waals surface area contributed by atoms with Crippen molar-refractivity contribution in [3.05, 3.63) is 110 Å². The predicted octanol–water partition coefficient (Wildman–Crippen LogP) is 6.59. The molecule has 230 valence electrons. The number of hydrogen-bond acceptors (Lipinski definition) is 4. The van der Waals surface area contributed by atoms with Gasteiger partial charge < -0.3 is 9.88 Å². The number of hydrogen-bond donors (Lipinski definition) is 2. The minimum atomic E-state index is -0.584. The van der Waals surface area contributed by atoms with Crippen molar-refractivity contribution in [2.75, 3.05) is 12.4 Å². The number of rotatable bonds is 11. The van der Waals surface area contributed by atoms with E-state index in [0.717, 1.165) is 18.5 Å². The van der Waals surface area contributed by atoms with Gasteiger partial charge in [0.05, 0.1) is 7.11 Å². The molecule has 0 aliphatic carbocycles. The van der Waals surface area contributed by atoms with Crippen LogP contribution >= 0.6 is 0 Å². The number of nitrogens with one attached hydrogen (secondary N) is 2. The SMILES string of the molecule is C=c1/c(=C\C)c(=O)c(C(=O)NOC)cn1-c1ccc(CC)cc1.CC=CC(Nc1ccc(CC)c(/C=C\C)c1)C(C)CC. The van der Waals surface area contributed by atoms with Crippen LogP contribution in [-0.4, -0.2) is 23.6 Å². The molecule has 1 heterocycles. The number of benzene rings is 2. The normalized spacial score (nSPS) is 13.1. The van der Waals surface area contributed by atoms with Gasteiger partial charge in [-0.3, -0.25) is 14.4 Å². The van der Waals surface area contributed by atoms with Gasteiger partial charge >= 0.3 is 0 Å². The zero-order valence-corrected chi connectivity index (χ0v) is 27.2. The Balaban J connectivity index is 0.000000304. The molecule has 3 rings (SSSR count). The van der Waals surface area contributed by atoms with E-state index in [1.807, 2.05) is 24.3 Å². The van der Waals surface area contributed by atoms with Crippen LogP contribution in [0.2, 0.25) is 0 Å². The molecule has 43 heavy (non-hydrogen) atoms. The molecule has 2 unspecified atom stereocenters. The zero-order chi connectivity index (χ0) is 31.9. The van der Waals surface area contributed by atoms with E-state index < -0.39 is 5.91 Å². The van der Waals surface area contributed by atoms with Crippen molar-refractivity contribution in [3.8, 4) is 5.69 Å². The summed E-state index contributed by atoms with van der Waals surface area (Å²) in [7, 11) is 1.32. The third kappa shape index (κ3) is 9.42. The quantitative estimate of drug-likeness (QED) is 0.197. The predicted molar refractivity (Wildman–Crippen MR) is 183 cm³/mol. The van der Waals surface area contributed by atoms with E-state index in [1.54, 1.807) is 17.6 Å². The number of aryl methyl sites for hydroxylation is 2. The van der Waals surface area contributed by atoms with E-state index in [9.17, 15) is 9.59 Å². The van der Waals surface area contributed by atoms with Crippen molar-refractivity contribution in [3.63, 3.8) is 0 Å². The molecule has 0 aliphatic rings. The highest BCUT2D eigenvalue weighted by molar-refractivity contribution is 5.93. The Bertz CT molecular complexity index is 1570. The standard InChI is InChI=1S/C19H29N.C18H20N2O3/c1-6-10-17-14-18(13-12-16(17)9-4)20-19(11-7-2)15(5)8-3;1-5-13-7-9-14(10-8-13)20-11-16(18(22)19-23-4)17(21)15(6-2)12(20)3/h6-7,10-15,19-20H,8-9H2,1-5H3;6-11H,3,5H2,1-2,4H3,(H,19,22)/b10-6-,11-7?;15-6+. The Kier molecular flexibility index (Phi) is 14.4. The molecule has 0 fully saturated rings. The third-order valence-corrected chi connectivity index (χ3v) is 7.56. The molecule has 2 N–H and O–H groups in total. The number of aromatic nitrogens is 1. The molecule has 0 radical (unpaired) electrons. The lowest BCUT2D eigenvalue weighted by Gasteiger charge is -2.23. The van der Waals surface area contributed by atoms with Crippen LogP contribution in [0.5, 0.6) is 0 Å². The van der Waals surface area contributed by atoms with Crippen LogP contribution in [0.3, 0.4) is 0 Å². The number of hydroxylamine groups is 1. The van der Waals surface area contributed by atoms with Gasteiger partial charge in [-0.2, -0.15) is 0 Å². The lowest BCUT2D eigenvalue weighted by molar-refractivity contribution is 0.0535. The number of carbonyl (C=O) groups excluding carboxylic acids is 1. The van der Waals surface area contributed by atoms with Crippen molar-refractivity contribution in [1.29, 1.82) is 0 Å². The van der Waals surface area contributed by atoms with Crippen LogP contribution in [0, 0.1) is 5.92 Å². The average Bonchev–Trinajstić information content (AvgIpc) is 3.01. The molecule has 2 aromatic carbocycles. The fourth-order valence-electron chi connectivity index (χ4n) is 4.78. The van der Waals surface area contributed by atoms with E-state index in [1.165, 1.54) is 42.1 Å². The topological polar surface area (TPSA) is 72.4 Å². The van der Waals surface area contributed by atoms with E-state index in [2.05, 4.69) is 106 Å². The minimum absolute atomic E-state index is 0.00641. The maximum absolute atomic E-state index is 12.4. The first-order valence-electron chi connectivity index (χ1n) is 15.2. The number of nitrogens with zero attached hydrogens (tertiary/aromatic N) is 1. The van der Waals surface area contributed by atoms with E-state index >= 15 is 0 Å². The van der Waals surface area contributed by atoms with Crippen molar-refractivity contribution < 1.29 is 9.63 Å². The average molecular weight is 584 g/mol. The summed E-state index contributed by atoms with van der Waals surface area (Å²) in [4.78, 5) is 29.1. The molecule has 3 aromatic rings. The second-order valence-corrected chi connectivity index (χ2v) is 10.4. The first-order chi connectivity index (χ1) is 20.7. The maximum Gasteiger partial charge on any atom is 0.280 e. The summed E-state index contributed by atoms with van der Waals surface area (Å²) in [6, 6.07) is 15.0. The molecule has 1 aromatic heterocycles. The lowest BCUT2D eigenvalue weighted by Crippen LogP contribution is -2.47. The molecule has 0 saturated heterocycles. The summed E-state index contributed by atoms with van der Waals surface area (Å²) in [5.41, 5.74) is 7.80. The fourth-order valence-corrected chi connectivity index (χ4v) is 4.78. The van der Waals surface area contributed by atoms with Crippen molar-refractivity contribution in [2.45, 2.75) is 73.8 Å². The largest absolute Gasteiger partial charge is 0.379 e. The first kappa shape index (κ1) is 35.0. The third-order valence-electron chi connectivity index (χ3n) is 7.56. The van der Waals surface area contributed by atoms with E-state index in [4.69, 9.17) is 0 Å². The Hall–Kier alpha value is -4.16. The number of allylic oxidation sites excluding steroid dienone is 2. The van der Waals surface area contributed by atoms with Crippen LogP contribution in [0.25, 0.3) is 24.4 Å². The molecule has 0 bridgehead atoms. The molecule has 0 aliphatic heterocycles. The van der Waals surface area contributed by atoms with Gasteiger partial charge in [0.1, 0.15) is 5.56 Å². The number of pyridine rings is 1. The van der Waals surface area contributed by atoms with Gasteiger partial charge in [-0.15, -0.1) is 0 Å². The highest BCUT2D eigenvalue weighted by atomic mass is 16.6. The number of amides is 1. The van der Waals surface area contributed by atoms with Gasteiger partial charge in [-0.25, -0.2) is 5.48 Å². The second kappa shape index (κ2) is 17.7. The Morgan fingerprint density at radius 1 is 1.02 bits per heavy atom. The van der Waals surface area contributed by atoms with E-state index in [0.29, 0.717) is 22.5 Å². The van der Waals surface area contributed by atoms with Gasteiger partial charge in [-0.1, -0.05) is 89.3 Å². The number of carbonyl (C=O) groups is 1. The molecular formula is C37H49N3O3. The molecule has 2 atom stereocenters. The lowest BCUT2D eigenvalue weighted by atomic mass is 9.97. The summed E-state index contributed by atoms with van der Waals surface area (Å²) in [6.45, 7) is 18.7. The van der Waals surface area contributed by atoms with Crippen LogP contribution in [-0.2, 0) is 17.7 Å². The fraction of sp³-hybridized carbons (Fsp3) is 0.351. The van der Waals surface area contributed by atoms with Crippen LogP contribution in [0.4, 0.5) is 5.69 Å². The second-order valence-electron chi connectivity index (χ2n) is 10.4. The van der Waals surface area contributed by atoms with Crippen LogP contribution in [0.1, 0.15) is 81.9 Å². The molecular weight excluding hydrogens is 534 g/mol. The van der Waals surface area contributed by atoms with Crippen molar-refractivity contribution >= 4 is 30.3 Å². The Morgan fingerprint density at radius 3 is 2.26 bits per heavy atom. The van der Waals surface area contributed by atoms with E-state index in [-0.39, 0.29) is 11.0 Å². The van der Waals surface area contributed by atoms with Gasteiger partial charge in [0.2, 0.25) is 5.43 Å². The highest BCUT2D eigenvalue weighted by Gasteiger charge is 2.14. The molecule has 1 amide bonds. The van der Waals surface area contributed by atoms with Gasteiger partial charge in [0.15, 0.2) is 0 Å². The Morgan fingerprint density at radius 2 is 1.72 bits per heavy atom. The minimum Gasteiger partial charge on any atom is -0.379 e. The zero-order valence-electron chi connectivity index (χ0n) is 27.2. The smallest absolute Gasteiger partial charge is 0.280 e. The van der Waals surface area contributed by atoms with Crippen molar-refractivity contribution in [1.82, 2.24) is 10.0 Å².